The maximum absolute atomic E-state index is 12.3. The van der Waals surface area contributed by atoms with E-state index in [0.717, 1.165) is 5.56 Å². The average Bonchev–Trinajstić information content (AvgIpc) is 2.69. The molecule has 2 aromatic heterocycles. The fourth-order valence-electron chi connectivity index (χ4n) is 2.21. The number of nitrogens with one attached hydrogen (secondary N) is 1. The summed E-state index contributed by atoms with van der Waals surface area (Å²) in [6.45, 7) is 0. The van der Waals surface area contributed by atoms with Gasteiger partial charge in [0.2, 0.25) is 0 Å². The van der Waals surface area contributed by atoms with E-state index in [1.54, 1.807) is 18.3 Å². The summed E-state index contributed by atoms with van der Waals surface area (Å²) in [5, 5.41) is 15.0. The van der Waals surface area contributed by atoms with E-state index in [1.165, 1.54) is 18.2 Å². The maximum Gasteiger partial charge on any atom is 0.289 e. The standard InChI is InChI=1S/C19H14N4O3/c24-18(15-10-6-11-16(21-15)19(25)26)23-22-17(13-7-2-1-3-8-13)14-9-4-5-12-20-14/h1-12H,(H,23,24)(H,25,26)/p-1/b22-17-. The minimum atomic E-state index is -1.46. The molecule has 0 aliphatic rings. The molecule has 1 aromatic carbocycles. The smallest absolute Gasteiger partial charge is 0.289 e. The lowest BCUT2D eigenvalue weighted by Gasteiger charge is -2.07. The van der Waals surface area contributed by atoms with Crippen molar-refractivity contribution in [3.05, 3.63) is 95.6 Å². The molecule has 0 radical (unpaired) electrons. The topological polar surface area (TPSA) is 107 Å². The van der Waals surface area contributed by atoms with Gasteiger partial charge in [0.15, 0.2) is 0 Å². The minimum Gasteiger partial charge on any atom is -0.543 e. The lowest BCUT2D eigenvalue weighted by molar-refractivity contribution is -0.255. The van der Waals surface area contributed by atoms with Gasteiger partial charge in [-0.05, 0) is 24.3 Å². The zero-order valence-electron chi connectivity index (χ0n) is 13.5. The van der Waals surface area contributed by atoms with Crippen molar-refractivity contribution in [3.63, 3.8) is 0 Å². The van der Waals surface area contributed by atoms with Crippen LogP contribution < -0.4 is 10.5 Å². The first-order valence-corrected chi connectivity index (χ1v) is 7.68. The summed E-state index contributed by atoms with van der Waals surface area (Å²) in [5.41, 5.74) is 3.81. The van der Waals surface area contributed by atoms with Gasteiger partial charge < -0.3 is 9.90 Å². The Bertz CT molecular complexity index is 915. The van der Waals surface area contributed by atoms with Crippen LogP contribution in [-0.4, -0.2) is 27.6 Å². The van der Waals surface area contributed by atoms with Crippen molar-refractivity contribution < 1.29 is 14.7 Å². The number of aromatic nitrogens is 2. The van der Waals surface area contributed by atoms with E-state index in [0.29, 0.717) is 11.4 Å². The van der Waals surface area contributed by atoms with Crippen molar-refractivity contribution in [2.75, 3.05) is 0 Å². The number of rotatable bonds is 5. The number of benzene rings is 1. The average molecular weight is 345 g/mol. The van der Waals surface area contributed by atoms with E-state index >= 15 is 0 Å². The highest BCUT2D eigenvalue weighted by Gasteiger charge is 2.11. The van der Waals surface area contributed by atoms with Gasteiger partial charge in [0.1, 0.15) is 11.4 Å². The molecule has 7 nitrogen and oxygen atoms in total. The van der Waals surface area contributed by atoms with Gasteiger partial charge in [-0.3, -0.25) is 9.78 Å². The molecular formula is C19H13N4O3-. The van der Waals surface area contributed by atoms with Crippen molar-refractivity contribution in [2.45, 2.75) is 0 Å². The molecule has 0 saturated carbocycles. The lowest BCUT2D eigenvalue weighted by atomic mass is 10.1. The van der Waals surface area contributed by atoms with Crippen LogP contribution in [0.2, 0.25) is 0 Å². The van der Waals surface area contributed by atoms with Gasteiger partial charge in [-0.25, -0.2) is 10.4 Å². The molecule has 1 amide bonds. The Morgan fingerprint density at radius 1 is 0.846 bits per heavy atom. The van der Waals surface area contributed by atoms with E-state index < -0.39 is 11.9 Å². The first kappa shape index (κ1) is 17.0. The van der Waals surface area contributed by atoms with Crippen molar-refractivity contribution in [2.24, 2.45) is 5.10 Å². The molecule has 0 aliphatic carbocycles. The van der Waals surface area contributed by atoms with Gasteiger partial charge in [-0.2, -0.15) is 5.10 Å². The molecule has 0 bridgehead atoms. The molecular weight excluding hydrogens is 332 g/mol. The summed E-state index contributed by atoms with van der Waals surface area (Å²) < 4.78 is 0. The van der Waals surface area contributed by atoms with E-state index in [-0.39, 0.29) is 11.4 Å². The molecule has 26 heavy (non-hydrogen) atoms. The van der Waals surface area contributed by atoms with Gasteiger partial charge in [0.25, 0.3) is 5.91 Å². The van der Waals surface area contributed by atoms with E-state index in [1.807, 2.05) is 36.4 Å². The summed E-state index contributed by atoms with van der Waals surface area (Å²) in [4.78, 5) is 31.1. The van der Waals surface area contributed by atoms with Gasteiger partial charge in [-0.1, -0.05) is 42.5 Å². The molecule has 0 unspecified atom stereocenters. The number of carbonyl (C=O) groups excluding carboxylic acids is 2. The van der Waals surface area contributed by atoms with Crippen LogP contribution >= 0.6 is 0 Å². The highest BCUT2D eigenvalue weighted by Crippen LogP contribution is 2.08. The zero-order chi connectivity index (χ0) is 18.4. The molecule has 1 N–H and O–H groups in total. The third kappa shape index (κ3) is 3.96. The summed E-state index contributed by atoms with van der Waals surface area (Å²) in [5.74, 6) is -2.10. The molecule has 0 fully saturated rings. The summed E-state index contributed by atoms with van der Waals surface area (Å²) in [6.07, 6.45) is 1.63. The lowest BCUT2D eigenvalue weighted by Crippen LogP contribution is -2.26. The molecule has 7 heteroatoms. The Morgan fingerprint density at radius 2 is 1.54 bits per heavy atom. The van der Waals surface area contributed by atoms with E-state index in [4.69, 9.17) is 0 Å². The highest BCUT2D eigenvalue weighted by atomic mass is 16.4. The number of hydrogen-bond acceptors (Lipinski definition) is 6. The van der Waals surface area contributed by atoms with Gasteiger partial charge in [0, 0.05) is 11.8 Å². The van der Waals surface area contributed by atoms with Crippen LogP contribution in [0.1, 0.15) is 32.2 Å². The van der Waals surface area contributed by atoms with Crippen LogP contribution in [0.25, 0.3) is 0 Å². The van der Waals surface area contributed by atoms with Crippen molar-refractivity contribution in [1.29, 1.82) is 0 Å². The van der Waals surface area contributed by atoms with Crippen molar-refractivity contribution >= 4 is 17.6 Å². The third-order valence-electron chi connectivity index (χ3n) is 3.41. The van der Waals surface area contributed by atoms with Gasteiger partial charge >= 0.3 is 0 Å². The SMILES string of the molecule is O=C([O-])c1cccc(C(=O)N/N=C(/c2ccccc2)c2ccccn2)n1. The number of hydrogen-bond donors (Lipinski definition) is 1. The van der Waals surface area contributed by atoms with Crippen LogP contribution in [0.5, 0.6) is 0 Å². The Kier molecular flexibility index (Phi) is 5.09. The molecule has 0 spiro atoms. The Balaban J connectivity index is 1.91. The van der Waals surface area contributed by atoms with Crippen molar-refractivity contribution in [1.82, 2.24) is 15.4 Å². The number of carboxylic acid groups (broad SMARTS) is 1. The second-order valence-electron chi connectivity index (χ2n) is 5.18. The van der Waals surface area contributed by atoms with Gasteiger partial charge in [0.05, 0.1) is 17.4 Å². The molecule has 3 aromatic rings. The zero-order valence-corrected chi connectivity index (χ0v) is 13.5. The summed E-state index contributed by atoms with van der Waals surface area (Å²) >= 11 is 0. The van der Waals surface area contributed by atoms with Crippen molar-refractivity contribution in [3.8, 4) is 0 Å². The number of amides is 1. The summed E-state index contributed by atoms with van der Waals surface area (Å²) in [6, 6.07) is 18.7. The van der Waals surface area contributed by atoms with Crippen LogP contribution in [-0.2, 0) is 0 Å². The van der Waals surface area contributed by atoms with Crippen LogP contribution in [0, 0.1) is 0 Å². The predicted molar refractivity (Wildman–Crippen MR) is 92.4 cm³/mol. The minimum absolute atomic E-state index is 0.0797. The van der Waals surface area contributed by atoms with Gasteiger partial charge in [-0.15, -0.1) is 0 Å². The number of nitrogens with zero attached hydrogens (tertiary/aromatic N) is 3. The second-order valence-corrected chi connectivity index (χ2v) is 5.18. The largest absolute Gasteiger partial charge is 0.543 e. The molecule has 2 heterocycles. The Hall–Kier alpha value is -3.87. The first-order chi connectivity index (χ1) is 12.6. The number of hydrazone groups is 1. The molecule has 0 saturated heterocycles. The quantitative estimate of drug-likeness (QED) is 0.549. The fraction of sp³-hybridized carbons (Fsp3) is 0. The molecule has 0 aliphatic heterocycles. The number of aromatic carboxylic acids is 1. The third-order valence-corrected chi connectivity index (χ3v) is 3.41. The highest BCUT2D eigenvalue weighted by molar-refractivity contribution is 6.12. The maximum atomic E-state index is 12.3. The normalized spacial score (nSPS) is 11.0. The number of carbonyl (C=O) groups is 2. The number of pyridine rings is 2. The van der Waals surface area contributed by atoms with Crippen LogP contribution in [0.3, 0.4) is 0 Å². The molecule has 128 valence electrons. The monoisotopic (exact) mass is 345 g/mol. The van der Waals surface area contributed by atoms with E-state index in [2.05, 4.69) is 20.5 Å². The number of carboxylic acids is 1. The Labute approximate surface area is 149 Å². The predicted octanol–water partition coefficient (Wildman–Crippen LogP) is 1.02. The Morgan fingerprint density at radius 3 is 2.23 bits per heavy atom. The van der Waals surface area contributed by atoms with Crippen LogP contribution in [0.15, 0.2) is 78.0 Å². The van der Waals surface area contributed by atoms with Crippen LogP contribution in [0.4, 0.5) is 0 Å². The van der Waals surface area contributed by atoms with E-state index in [9.17, 15) is 14.7 Å². The molecule has 3 rings (SSSR count). The fourth-order valence-corrected chi connectivity index (χ4v) is 2.21. The first-order valence-electron chi connectivity index (χ1n) is 7.68. The summed E-state index contributed by atoms with van der Waals surface area (Å²) in [7, 11) is 0. The second kappa shape index (κ2) is 7.80. The molecule has 0 atom stereocenters.